The van der Waals surface area contributed by atoms with E-state index in [0.29, 0.717) is 6.61 Å². The Kier molecular flexibility index (Phi) is 1.91. The number of ether oxygens (including phenoxy) is 1. The van der Waals surface area contributed by atoms with Gasteiger partial charge in [0.2, 0.25) is 0 Å². The van der Waals surface area contributed by atoms with Gasteiger partial charge >= 0.3 is 0 Å². The molecule has 0 N–H and O–H groups in total. The average molecular weight is 146 g/mol. The molecule has 0 aromatic rings. The molecule has 1 heterocycles. The van der Waals surface area contributed by atoms with Gasteiger partial charge in [-0.3, -0.25) is 0 Å². The first-order valence-electron chi connectivity index (χ1n) is 2.20. The van der Waals surface area contributed by atoms with Crippen molar-refractivity contribution in [3.05, 3.63) is 22.1 Å². The zero-order valence-corrected chi connectivity index (χ0v) is 5.95. The summed E-state index contributed by atoms with van der Waals surface area (Å²) in [5.41, 5.74) is 0. The predicted octanol–water partition coefficient (Wildman–Crippen LogP) is 1.60. The van der Waals surface area contributed by atoms with Gasteiger partial charge < -0.3 is 4.74 Å². The lowest BCUT2D eigenvalue weighted by Crippen LogP contribution is -1.93. The summed E-state index contributed by atoms with van der Waals surface area (Å²) in [5, 5.41) is 0. The zero-order valence-electron chi connectivity index (χ0n) is 4.16. The standard InChI is InChI=1S/C5H6OS2/c7-4-1-2-6-3-5(4)8/h1-2,7-8H,3H2. The van der Waals surface area contributed by atoms with Crippen LogP contribution < -0.4 is 0 Å². The maximum atomic E-state index is 4.89. The molecule has 0 unspecified atom stereocenters. The highest BCUT2D eigenvalue weighted by Gasteiger charge is 1.98. The molecular formula is C5H6OS2. The van der Waals surface area contributed by atoms with Crippen LogP contribution in [0.2, 0.25) is 0 Å². The van der Waals surface area contributed by atoms with E-state index in [1.807, 2.05) is 0 Å². The van der Waals surface area contributed by atoms with Crippen molar-refractivity contribution < 1.29 is 4.74 Å². The summed E-state index contributed by atoms with van der Waals surface area (Å²) in [5.74, 6) is 0. The fourth-order valence-electron chi connectivity index (χ4n) is 0.410. The minimum Gasteiger partial charge on any atom is -0.496 e. The van der Waals surface area contributed by atoms with Crippen LogP contribution in [-0.2, 0) is 4.74 Å². The highest BCUT2D eigenvalue weighted by atomic mass is 32.1. The SMILES string of the molecule is SC1=C(S)COC=C1. The van der Waals surface area contributed by atoms with Crippen molar-refractivity contribution in [2.75, 3.05) is 6.61 Å². The van der Waals surface area contributed by atoms with Crippen molar-refractivity contribution in [3.8, 4) is 0 Å². The van der Waals surface area contributed by atoms with E-state index in [1.165, 1.54) is 0 Å². The topological polar surface area (TPSA) is 9.23 Å². The molecule has 0 fully saturated rings. The van der Waals surface area contributed by atoms with Gasteiger partial charge in [-0.15, -0.1) is 25.3 Å². The first kappa shape index (κ1) is 6.11. The molecule has 0 amide bonds. The molecular weight excluding hydrogens is 140 g/mol. The number of thiol groups is 2. The van der Waals surface area contributed by atoms with Gasteiger partial charge in [0, 0.05) is 9.81 Å². The van der Waals surface area contributed by atoms with E-state index in [0.717, 1.165) is 9.81 Å². The normalized spacial score (nSPS) is 18.8. The van der Waals surface area contributed by atoms with Crippen LogP contribution in [0.5, 0.6) is 0 Å². The fourth-order valence-corrected chi connectivity index (χ4v) is 0.684. The second-order valence-electron chi connectivity index (χ2n) is 1.45. The van der Waals surface area contributed by atoms with Crippen molar-refractivity contribution in [2.45, 2.75) is 0 Å². The molecule has 0 aliphatic carbocycles. The lowest BCUT2D eigenvalue weighted by atomic mass is 10.4. The Hall–Kier alpha value is -0.0200. The Balaban J connectivity index is 2.76. The summed E-state index contributed by atoms with van der Waals surface area (Å²) >= 11 is 8.18. The quantitative estimate of drug-likeness (QED) is 0.494. The van der Waals surface area contributed by atoms with Gasteiger partial charge in [0.05, 0.1) is 6.26 Å². The Bertz CT molecular complexity index is 149. The molecule has 0 saturated carbocycles. The van der Waals surface area contributed by atoms with E-state index < -0.39 is 0 Å². The number of rotatable bonds is 0. The fraction of sp³-hybridized carbons (Fsp3) is 0.200. The molecule has 0 aromatic heterocycles. The summed E-state index contributed by atoms with van der Waals surface area (Å²) in [7, 11) is 0. The first-order chi connectivity index (χ1) is 3.80. The Morgan fingerprint density at radius 2 is 2.25 bits per heavy atom. The monoisotopic (exact) mass is 146 g/mol. The minimum absolute atomic E-state index is 0.554. The molecule has 0 spiro atoms. The maximum Gasteiger partial charge on any atom is 0.119 e. The van der Waals surface area contributed by atoms with Gasteiger partial charge in [-0.25, -0.2) is 0 Å². The molecule has 44 valence electrons. The lowest BCUT2D eigenvalue weighted by molar-refractivity contribution is 0.283. The zero-order chi connectivity index (χ0) is 5.98. The Morgan fingerprint density at radius 1 is 1.50 bits per heavy atom. The third-order valence-electron chi connectivity index (χ3n) is 0.838. The van der Waals surface area contributed by atoms with Gasteiger partial charge in [0.25, 0.3) is 0 Å². The minimum atomic E-state index is 0.554. The molecule has 1 aliphatic heterocycles. The van der Waals surface area contributed by atoms with Crippen molar-refractivity contribution in [2.24, 2.45) is 0 Å². The molecule has 0 atom stereocenters. The lowest BCUT2D eigenvalue weighted by Gasteiger charge is -2.06. The van der Waals surface area contributed by atoms with Crippen LogP contribution in [0, 0.1) is 0 Å². The summed E-state index contributed by atoms with van der Waals surface area (Å²) in [4.78, 5) is 1.77. The van der Waals surface area contributed by atoms with Crippen molar-refractivity contribution >= 4 is 25.3 Å². The first-order valence-corrected chi connectivity index (χ1v) is 3.09. The van der Waals surface area contributed by atoms with Crippen molar-refractivity contribution in [3.63, 3.8) is 0 Å². The maximum absolute atomic E-state index is 4.89. The second kappa shape index (κ2) is 2.51. The molecule has 0 saturated heterocycles. The van der Waals surface area contributed by atoms with E-state index in [1.54, 1.807) is 12.3 Å². The van der Waals surface area contributed by atoms with Crippen LogP contribution in [-0.4, -0.2) is 6.61 Å². The molecule has 0 bridgehead atoms. The van der Waals surface area contributed by atoms with E-state index >= 15 is 0 Å². The number of allylic oxidation sites excluding steroid dienone is 1. The van der Waals surface area contributed by atoms with Crippen LogP contribution >= 0.6 is 25.3 Å². The highest BCUT2D eigenvalue weighted by molar-refractivity contribution is 7.88. The summed E-state index contributed by atoms with van der Waals surface area (Å²) in [6, 6.07) is 0. The van der Waals surface area contributed by atoms with E-state index in [4.69, 9.17) is 4.74 Å². The van der Waals surface area contributed by atoms with Crippen molar-refractivity contribution in [1.82, 2.24) is 0 Å². The molecule has 1 rings (SSSR count). The van der Waals surface area contributed by atoms with Gasteiger partial charge in [-0.1, -0.05) is 0 Å². The van der Waals surface area contributed by atoms with Crippen LogP contribution in [0.15, 0.2) is 22.1 Å². The molecule has 0 radical (unpaired) electrons. The van der Waals surface area contributed by atoms with Crippen molar-refractivity contribution in [1.29, 1.82) is 0 Å². The van der Waals surface area contributed by atoms with E-state index in [9.17, 15) is 0 Å². The second-order valence-corrected chi connectivity index (χ2v) is 2.47. The third kappa shape index (κ3) is 1.23. The van der Waals surface area contributed by atoms with Gasteiger partial charge in [-0.05, 0) is 6.08 Å². The number of hydrogen-bond donors (Lipinski definition) is 2. The molecule has 1 nitrogen and oxygen atoms in total. The summed E-state index contributed by atoms with van der Waals surface area (Å²) < 4.78 is 4.89. The predicted molar refractivity (Wildman–Crippen MR) is 40.1 cm³/mol. The average Bonchev–Trinajstić information content (AvgIpc) is 1.77. The molecule has 1 aliphatic rings. The van der Waals surface area contributed by atoms with Crippen LogP contribution in [0.4, 0.5) is 0 Å². The molecule has 8 heavy (non-hydrogen) atoms. The molecule has 3 heteroatoms. The van der Waals surface area contributed by atoms with Crippen LogP contribution in [0.25, 0.3) is 0 Å². The van der Waals surface area contributed by atoms with E-state index in [2.05, 4.69) is 25.3 Å². The summed E-state index contributed by atoms with van der Waals surface area (Å²) in [6.07, 6.45) is 3.39. The van der Waals surface area contributed by atoms with Gasteiger partial charge in [-0.2, -0.15) is 0 Å². The van der Waals surface area contributed by atoms with Crippen LogP contribution in [0.1, 0.15) is 0 Å². The number of hydrogen-bond acceptors (Lipinski definition) is 3. The smallest absolute Gasteiger partial charge is 0.119 e. The Labute approximate surface area is 59.2 Å². The van der Waals surface area contributed by atoms with Gasteiger partial charge in [0.1, 0.15) is 6.61 Å². The largest absolute Gasteiger partial charge is 0.496 e. The van der Waals surface area contributed by atoms with E-state index in [-0.39, 0.29) is 0 Å². The third-order valence-corrected chi connectivity index (χ3v) is 1.80. The van der Waals surface area contributed by atoms with Gasteiger partial charge in [0.15, 0.2) is 0 Å². The highest BCUT2D eigenvalue weighted by Crippen LogP contribution is 2.17. The van der Waals surface area contributed by atoms with Crippen LogP contribution in [0.3, 0.4) is 0 Å². The Morgan fingerprint density at radius 3 is 2.62 bits per heavy atom. The summed E-state index contributed by atoms with van der Waals surface area (Å²) in [6.45, 7) is 0.554. The molecule has 0 aromatic carbocycles.